The molecule has 308 valence electrons. The lowest BCUT2D eigenvalue weighted by Crippen LogP contribution is -2.52. The third kappa shape index (κ3) is 13.3. The molecule has 17 heteroatoms. The van der Waals surface area contributed by atoms with Crippen molar-refractivity contribution in [3.63, 3.8) is 0 Å². The molecule has 2 aliphatic heterocycles. The molecule has 5 N–H and O–H groups in total. The van der Waals surface area contributed by atoms with Crippen molar-refractivity contribution in [2.24, 2.45) is 5.73 Å². The Labute approximate surface area is 336 Å². The Morgan fingerprint density at radius 2 is 1.58 bits per heavy atom. The number of nitrogens with one attached hydrogen (secondary N) is 3. The summed E-state index contributed by atoms with van der Waals surface area (Å²) in [6, 6.07) is 20.2. The van der Waals surface area contributed by atoms with Gasteiger partial charge in [0.15, 0.2) is 11.6 Å². The number of anilines is 1. The number of cyclic esters (lactones) is 1. The number of piperidine rings is 1. The van der Waals surface area contributed by atoms with Gasteiger partial charge in [0.05, 0.1) is 12.2 Å². The fourth-order valence-electron chi connectivity index (χ4n) is 6.17. The van der Waals surface area contributed by atoms with Crippen LogP contribution in [0.15, 0.2) is 78.9 Å². The van der Waals surface area contributed by atoms with Crippen LogP contribution in [0, 0.1) is 5.82 Å². The maximum Gasteiger partial charge on any atom is 0.414 e. The molecule has 0 spiro atoms. The molecule has 3 amide bonds. The van der Waals surface area contributed by atoms with Crippen LogP contribution in [0.5, 0.6) is 5.75 Å². The SMILES string of the molecule is CC(=O)C(N)[C@@H]1CN(c2ccc(OCC3(OC(=O)C(CCCCNC(=O)OCc4ccccc4)NC(=O)OCc4ccccc4)CCNCC3)c(F)c2)C(=O)O1.Cl. The largest absolute Gasteiger partial charge is 0.486 e. The number of nitrogens with zero attached hydrogens (tertiary/aromatic N) is 1. The summed E-state index contributed by atoms with van der Waals surface area (Å²) in [6.07, 6.45) is -1.27. The van der Waals surface area contributed by atoms with Gasteiger partial charge >= 0.3 is 24.2 Å². The van der Waals surface area contributed by atoms with Gasteiger partial charge in [-0.25, -0.2) is 23.6 Å². The number of alkyl carbamates (subject to hydrolysis) is 2. The first-order chi connectivity index (χ1) is 27.0. The topological polar surface area (TPSA) is 197 Å². The van der Waals surface area contributed by atoms with Crippen LogP contribution in [0.3, 0.4) is 0 Å². The van der Waals surface area contributed by atoms with E-state index in [1.807, 2.05) is 48.5 Å². The van der Waals surface area contributed by atoms with Crippen LogP contribution in [0.25, 0.3) is 0 Å². The maximum atomic E-state index is 15.4. The van der Waals surface area contributed by atoms with E-state index in [1.54, 1.807) is 12.1 Å². The average molecular weight is 814 g/mol. The van der Waals surface area contributed by atoms with Crippen LogP contribution < -0.4 is 31.3 Å². The van der Waals surface area contributed by atoms with Crippen molar-refractivity contribution in [3.05, 3.63) is 95.8 Å². The Bertz CT molecular complexity index is 1800. The number of benzene rings is 3. The highest BCUT2D eigenvalue weighted by Crippen LogP contribution is 2.31. The molecule has 15 nitrogen and oxygen atoms in total. The molecular weight excluding hydrogens is 765 g/mol. The molecule has 0 aromatic heterocycles. The molecule has 3 atom stereocenters. The third-order valence-corrected chi connectivity index (χ3v) is 9.45. The van der Waals surface area contributed by atoms with E-state index in [2.05, 4.69) is 16.0 Å². The fraction of sp³-hybridized carbons (Fsp3) is 0.425. The minimum atomic E-state index is -1.17. The second kappa shape index (κ2) is 21.7. The lowest BCUT2D eigenvalue weighted by molar-refractivity contribution is -0.169. The predicted octanol–water partition coefficient (Wildman–Crippen LogP) is 4.92. The molecule has 3 aromatic rings. The zero-order valence-corrected chi connectivity index (χ0v) is 32.4. The number of Topliss-reactive ketones (excluding diaryl/α,β-unsaturated/α-hetero) is 1. The summed E-state index contributed by atoms with van der Waals surface area (Å²) in [6.45, 7) is 2.44. The minimum absolute atomic E-state index is 0. The Morgan fingerprint density at radius 3 is 2.19 bits per heavy atom. The smallest absolute Gasteiger partial charge is 0.414 e. The Kier molecular flexibility index (Phi) is 16.9. The van der Waals surface area contributed by atoms with Gasteiger partial charge in [0.2, 0.25) is 0 Å². The van der Waals surface area contributed by atoms with Crippen molar-refractivity contribution in [2.45, 2.75) is 76.0 Å². The summed E-state index contributed by atoms with van der Waals surface area (Å²) in [5.74, 6) is -1.97. The van der Waals surface area contributed by atoms with Gasteiger partial charge in [-0.3, -0.25) is 9.69 Å². The number of esters is 1. The number of ketones is 1. The monoisotopic (exact) mass is 813 g/mol. The number of amides is 3. The molecule has 5 rings (SSSR count). The molecule has 3 aromatic carbocycles. The molecular formula is C40H49ClFN5O10. The highest BCUT2D eigenvalue weighted by atomic mass is 35.5. The molecule has 2 heterocycles. The van der Waals surface area contributed by atoms with Gasteiger partial charge in [0.25, 0.3) is 0 Å². The van der Waals surface area contributed by atoms with Gasteiger partial charge in [-0.1, -0.05) is 60.7 Å². The molecule has 57 heavy (non-hydrogen) atoms. The molecule has 2 unspecified atom stereocenters. The van der Waals surface area contributed by atoms with E-state index < -0.39 is 53.9 Å². The van der Waals surface area contributed by atoms with E-state index in [4.69, 9.17) is 29.4 Å². The van der Waals surface area contributed by atoms with Crippen molar-refractivity contribution >= 4 is 48.1 Å². The van der Waals surface area contributed by atoms with Crippen LogP contribution in [-0.4, -0.2) is 86.6 Å². The number of hydrogen-bond acceptors (Lipinski definition) is 12. The lowest BCUT2D eigenvalue weighted by Gasteiger charge is -2.37. The number of unbranched alkanes of at least 4 members (excludes halogenated alkanes) is 1. The van der Waals surface area contributed by atoms with Crippen LogP contribution in [-0.2, 0) is 41.8 Å². The zero-order chi connectivity index (χ0) is 39.9. The van der Waals surface area contributed by atoms with E-state index in [9.17, 15) is 24.0 Å². The molecule has 0 bridgehead atoms. The van der Waals surface area contributed by atoms with E-state index in [0.29, 0.717) is 38.8 Å². The van der Waals surface area contributed by atoms with E-state index in [-0.39, 0.29) is 69.0 Å². The second-order valence-corrected chi connectivity index (χ2v) is 13.7. The van der Waals surface area contributed by atoms with Crippen molar-refractivity contribution in [3.8, 4) is 5.75 Å². The van der Waals surface area contributed by atoms with Crippen LogP contribution in [0.4, 0.5) is 24.5 Å². The first-order valence-electron chi connectivity index (χ1n) is 18.5. The normalized spacial score (nSPS) is 16.9. The number of halogens is 2. The quantitative estimate of drug-likeness (QED) is 0.0770. The molecule has 0 saturated carbocycles. The van der Waals surface area contributed by atoms with Gasteiger partial charge in [0, 0.05) is 25.5 Å². The summed E-state index contributed by atoms with van der Waals surface area (Å²) in [5.41, 5.74) is 6.49. The fourth-order valence-corrected chi connectivity index (χ4v) is 6.17. The van der Waals surface area contributed by atoms with Crippen LogP contribution in [0.2, 0.25) is 0 Å². The first kappa shape index (κ1) is 44.3. The summed E-state index contributed by atoms with van der Waals surface area (Å²) in [5, 5.41) is 8.54. The highest BCUT2D eigenvalue weighted by molar-refractivity contribution is 5.91. The van der Waals surface area contributed by atoms with Gasteiger partial charge < -0.3 is 45.4 Å². The van der Waals surface area contributed by atoms with Crippen molar-refractivity contribution in [2.75, 3.05) is 37.7 Å². The average Bonchev–Trinajstić information content (AvgIpc) is 3.60. The lowest BCUT2D eigenvalue weighted by atomic mass is 9.92. The van der Waals surface area contributed by atoms with E-state index in [0.717, 1.165) is 17.2 Å². The number of hydrogen-bond donors (Lipinski definition) is 4. The Morgan fingerprint density at radius 1 is 0.947 bits per heavy atom. The highest BCUT2D eigenvalue weighted by Gasteiger charge is 2.40. The van der Waals surface area contributed by atoms with Gasteiger partial charge in [-0.2, -0.15) is 0 Å². The minimum Gasteiger partial charge on any atom is -0.486 e. The predicted molar refractivity (Wildman–Crippen MR) is 208 cm³/mol. The van der Waals surface area contributed by atoms with Gasteiger partial charge in [0.1, 0.15) is 49.4 Å². The summed E-state index contributed by atoms with van der Waals surface area (Å²) >= 11 is 0. The molecule has 0 aliphatic carbocycles. The maximum absolute atomic E-state index is 15.4. The molecule has 2 saturated heterocycles. The van der Waals surface area contributed by atoms with Crippen LogP contribution in [0.1, 0.15) is 50.2 Å². The molecule has 2 fully saturated rings. The number of carbonyl (C=O) groups is 5. The van der Waals surface area contributed by atoms with Crippen molar-refractivity contribution < 1.29 is 52.0 Å². The molecule has 0 radical (unpaired) electrons. The van der Waals surface area contributed by atoms with Crippen molar-refractivity contribution in [1.82, 2.24) is 16.0 Å². The van der Waals surface area contributed by atoms with Gasteiger partial charge in [-0.15, -0.1) is 12.4 Å². The summed E-state index contributed by atoms with van der Waals surface area (Å²) < 4.78 is 43.3. The standard InChI is InChI=1S/C40H48FN5O10.ClH/c1-27(47)35(42)34-23-46(39(51)55-34)30-15-16-33(31(41)22-30)54-26-40(17-20-43-21-18-40)56-36(48)32(45-38(50)53-25-29-12-6-3-7-13-29)14-8-9-19-44-37(49)52-24-28-10-4-2-5-11-28;/h2-7,10-13,15-16,22,32,34-35,43H,8-9,14,17-21,23-26,42H2,1H3,(H,44,49)(H,45,50);1H/t32?,34-,35?;/m0./s1. The third-order valence-electron chi connectivity index (χ3n) is 9.45. The number of ether oxygens (including phenoxy) is 5. The Hall–Kier alpha value is -5.45. The molecule has 2 aliphatic rings. The van der Waals surface area contributed by atoms with E-state index in [1.165, 1.54) is 24.0 Å². The first-order valence-corrected chi connectivity index (χ1v) is 18.5. The van der Waals surface area contributed by atoms with Crippen molar-refractivity contribution in [1.29, 1.82) is 0 Å². The number of carbonyl (C=O) groups excluding carboxylic acids is 5. The Balaban J connectivity index is 0.00000720. The summed E-state index contributed by atoms with van der Waals surface area (Å²) in [7, 11) is 0. The van der Waals surface area contributed by atoms with Gasteiger partial charge in [-0.05, 0) is 62.5 Å². The number of nitrogens with two attached hydrogens (primary N) is 1. The zero-order valence-electron chi connectivity index (χ0n) is 31.6. The van der Waals surface area contributed by atoms with Crippen LogP contribution >= 0.6 is 12.4 Å². The number of rotatable bonds is 18. The second-order valence-electron chi connectivity index (χ2n) is 13.7. The summed E-state index contributed by atoms with van der Waals surface area (Å²) in [4.78, 5) is 64.3. The van der Waals surface area contributed by atoms with E-state index >= 15 is 4.39 Å².